The van der Waals surface area contributed by atoms with Crippen molar-refractivity contribution in [3.05, 3.63) is 71.8 Å². The van der Waals surface area contributed by atoms with Crippen molar-refractivity contribution in [2.24, 2.45) is 0 Å². The second-order valence-electron chi connectivity index (χ2n) is 7.92. The average molecular weight is 507 g/mol. The number of urea groups is 1. The predicted molar refractivity (Wildman–Crippen MR) is 142 cm³/mol. The van der Waals surface area contributed by atoms with Gasteiger partial charge >= 0.3 is 12.0 Å². The molecule has 0 aliphatic heterocycles. The van der Waals surface area contributed by atoms with Crippen molar-refractivity contribution in [1.29, 1.82) is 0 Å². The van der Waals surface area contributed by atoms with Crippen molar-refractivity contribution in [3.63, 3.8) is 0 Å². The number of ether oxygens (including phenoxy) is 3. The van der Waals surface area contributed by atoms with Crippen LogP contribution in [-0.4, -0.2) is 38.7 Å². The van der Waals surface area contributed by atoms with E-state index in [2.05, 4.69) is 16.0 Å². The fourth-order valence-electron chi connectivity index (χ4n) is 3.45. The first-order valence-corrected chi connectivity index (χ1v) is 11.6. The Labute approximate surface area is 215 Å². The van der Waals surface area contributed by atoms with Crippen LogP contribution in [0.3, 0.4) is 0 Å². The van der Waals surface area contributed by atoms with Crippen LogP contribution in [0, 0.1) is 0 Å². The minimum absolute atomic E-state index is 0.167. The number of rotatable bonds is 10. The molecule has 3 aromatic carbocycles. The number of aryl methyl sites for hydroxylation is 1. The molecule has 10 heteroatoms. The van der Waals surface area contributed by atoms with Crippen LogP contribution >= 0.6 is 0 Å². The van der Waals surface area contributed by atoms with Gasteiger partial charge in [-0.2, -0.15) is 0 Å². The van der Waals surface area contributed by atoms with Gasteiger partial charge in [-0.25, -0.2) is 9.59 Å². The molecule has 0 heterocycles. The number of methoxy groups -OCH3 is 2. The van der Waals surface area contributed by atoms with Crippen LogP contribution in [0.25, 0.3) is 0 Å². The highest BCUT2D eigenvalue weighted by Gasteiger charge is 2.19. The third-order valence-corrected chi connectivity index (χ3v) is 5.31. The Morgan fingerprint density at radius 3 is 1.95 bits per heavy atom. The molecule has 0 radical (unpaired) electrons. The predicted octanol–water partition coefficient (Wildman–Crippen LogP) is 4.68. The van der Waals surface area contributed by atoms with Gasteiger partial charge in [0.25, 0.3) is 0 Å². The lowest BCUT2D eigenvalue weighted by atomic mass is 10.1. The third-order valence-electron chi connectivity index (χ3n) is 5.31. The molecule has 0 spiro atoms. The summed E-state index contributed by atoms with van der Waals surface area (Å²) in [6, 6.07) is 16.6. The van der Waals surface area contributed by atoms with Gasteiger partial charge in [0.15, 0.2) is 11.5 Å². The summed E-state index contributed by atoms with van der Waals surface area (Å²) in [7, 11) is 2.92. The number of hydrogen-bond donors (Lipinski definition) is 4. The minimum atomic E-state index is -0.581. The van der Waals surface area contributed by atoms with Gasteiger partial charge in [-0.3, -0.25) is 4.79 Å². The van der Waals surface area contributed by atoms with E-state index in [0.29, 0.717) is 35.0 Å². The van der Waals surface area contributed by atoms with E-state index in [1.807, 2.05) is 12.1 Å². The Bertz CT molecular complexity index is 1240. The van der Waals surface area contributed by atoms with Crippen LogP contribution in [0.4, 0.5) is 27.5 Å². The molecule has 0 aliphatic rings. The molecule has 3 rings (SSSR count). The zero-order valence-electron chi connectivity index (χ0n) is 20.9. The molecule has 0 saturated heterocycles. The molecule has 0 bridgehead atoms. The quantitative estimate of drug-likeness (QED) is 0.231. The highest BCUT2D eigenvalue weighted by molar-refractivity contribution is 6.02. The van der Waals surface area contributed by atoms with E-state index < -0.39 is 5.97 Å². The average Bonchev–Trinajstić information content (AvgIpc) is 2.89. The highest BCUT2D eigenvalue weighted by atomic mass is 16.5. The molecular formula is C27H30N4O6. The molecular weight excluding hydrogens is 476 g/mol. The molecule has 194 valence electrons. The number of benzene rings is 3. The smallest absolute Gasteiger partial charge is 0.340 e. The molecule has 0 aromatic heterocycles. The summed E-state index contributed by atoms with van der Waals surface area (Å²) >= 11 is 0. The minimum Gasteiger partial charge on any atom is -0.493 e. The molecule has 0 aliphatic carbocycles. The second kappa shape index (κ2) is 12.8. The van der Waals surface area contributed by atoms with Gasteiger partial charge in [0, 0.05) is 35.6 Å². The highest BCUT2D eigenvalue weighted by Crippen LogP contribution is 2.34. The Kier molecular flexibility index (Phi) is 9.31. The van der Waals surface area contributed by atoms with Crippen LogP contribution < -0.4 is 31.2 Å². The third kappa shape index (κ3) is 7.63. The number of hydrogen-bond acceptors (Lipinski definition) is 7. The zero-order chi connectivity index (χ0) is 26.8. The first-order valence-electron chi connectivity index (χ1n) is 11.6. The van der Waals surface area contributed by atoms with E-state index in [1.54, 1.807) is 43.3 Å². The molecule has 37 heavy (non-hydrogen) atoms. The van der Waals surface area contributed by atoms with Crippen molar-refractivity contribution >= 4 is 40.7 Å². The molecule has 10 nitrogen and oxygen atoms in total. The fourth-order valence-corrected chi connectivity index (χ4v) is 3.45. The van der Waals surface area contributed by atoms with Gasteiger partial charge in [0.1, 0.15) is 0 Å². The van der Waals surface area contributed by atoms with E-state index in [-0.39, 0.29) is 36.2 Å². The Morgan fingerprint density at radius 2 is 1.38 bits per heavy atom. The molecule has 0 saturated carbocycles. The van der Waals surface area contributed by atoms with Crippen molar-refractivity contribution in [2.75, 3.05) is 42.5 Å². The topological polar surface area (TPSA) is 141 Å². The van der Waals surface area contributed by atoms with Crippen molar-refractivity contribution in [3.8, 4) is 11.5 Å². The molecule has 0 unspecified atom stereocenters. The monoisotopic (exact) mass is 506 g/mol. The van der Waals surface area contributed by atoms with E-state index in [9.17, 15) is 14.4 Å². The van der Waals surface area contributed by atoms with E-state index in [0.717, 1.165) is 5.56 Å². The van der Waals surface area contributed by atoms with E-state index in [4.69, 9.17) is 19.9 Å². The number of nitrogen functional groups attached to an aromatic ring is 1. The number of carbonyl (C=O) groups is 3. The molecule has 0 atom stereocenters. The summed E-state index contributed by atoms with van der Waals surface area (Å²) in [4.78, 5) is 37.3. The zero-order valence-corrected chi connectivity index (χ0v) is 20.9. The maximum absolute atomic E-state index is 12.7. The maximum atomic E-state index is 12.7. The summed E-state index contributed by atoms with van der Waals surface area (Å²) in [5.41, 5.74) is 8.82. The summed E-state index contributed by atoms with van der Waals surface area (Å²) in [5, 5.41) is 8.24. The summed E-state index contributed by atoms with van der Waals surface area (Å²) < 4.78 is 15.7. The van der Waals surface area contributed by atoms with Gasteiger partial charge in [-0.05, 0) is 55.3 Å². The molecule has 3 aromatic rings. The van der Waals surface area contributed by atoms with Gasteiger partial charge in [0.05, 0.1) is 32.1 Å². The first-order chi connectivity index (χ1) is 17.8. The van der Waals surface area contributed by atoms with Gasteiger partial charge < -0.3 is 35.9 Å². The second-order valence-corrected chi connectivity index (χ2v) is 7.92. The van der Waals surface area contributed by atoms with Crippen LogP contribution in [0.2, 0.25) is 0 Å². The number of nitrogens with two attached hydrogens (primary N) is 1. The lowest BCUT2D eigenvalue weighted by molar-refractivity contribution is -0.116. The van der Waals surface area contributed by atoms with E-state index in [1.165, 1.54) is 26.4 Å². The number of carbonyl (C=O) groups excluding carboxylic acids is 3. The molecule has 3 amide bonds. The van der Waals surface area contributed by atoms with Gasteiger partial charge in [-0.15, -0.1) is 0 Å². The Balaban J connectivity index is 1.58. The lowest BCUT2D eigenvalue weighted by Crippen LogP contribution is -2.19. The van der Waals surface area contributed by atoms with Crippen LogP contribution in [-0.2, 0) is 16.0 Å². The first kappa shape index (κ1) is 26.9. The van der Waals surface area contributed by atoms with Gasteiger partial charge in [-0.1, -0.05) is 12.1 Å². The Morgan fingerprint density at radius 1 is 0.811 bits per heavy atom. The Hall–Kier alpha value is -4.73. The lowest BCUT2D eigenvalue weighted by Gasteiger charge is -2.15. The normalized spacial score (nSPS) is 10.2. The number of anilines is 4. The summed E-state index contributed by atoms with van der Waals surface area (Å²) in [6.45, 7) is 1.89. The maximum Gasteiger partial charge on any atom is 0.340 e. The largest absolute Gasteiger partial charge is 0.493 e. The summed E-state index contributed by atoms with van der Waals surface area (Å²) in [6.07, 6.45) is 0.618. The van der Waals surface area contributed by atoms with Gasteiger partial charge in [0.2, 0.25) is 5.91 Å². The molecule has 5 N–H and O–H groups in total. The number of nitrogens with one attached hydrogen (secondary N) is 3. The van der Waals surface area contributed by atoms with Crippen LogP contribution in [0.15, 0.2) is 60.7 Å². The van der Waals surface area contributed by atoms with Crippen LogP contribution in [0.1, 0.15) is 29.3 Å². The molecule has 0 fully saturated rings. The summed E-state index contributed by atoms with van der Waals surface area (Å²) in [5.74, 6) is -0.154. The van der Waals surface area contributed by atoms with Crippen LogP contribution in [0.5, 0.6) is 11.5 Å². The van der Waals surface area contributed by atoms with Crippen molar-refractivity contribution < 1.29 is 28.6 Å². The van der Waals surface area contributed by atoms with Crippen molar-refractivity contribution in [2.45, 2.75) is 19.8 Å². The van der Waals surface area contributed by atoms with E-state index >= 15 is 0 Å². The standard InChI is InChI=1S/C27H30N4O6/c1-4-37-26(33)21-15-23(35-2)24(36-3)16-22(21)31-25(32)14-7-17-5-10-19(11-6-17)29-27(34)30-20-12-8-18(28)9-13-20/h5-6,8-13,15-16H,4,7,14,28H2,1-3H3,(H,31,32)(H2,29,30,34). The SMILES string of the molecule is CCOC(=O)c1cc(OC)c(OC)cc1NC(=O)CCc1ccc(NC(=O)Nc2ccc(N)cc2)cc1. The number of amides is 3. The fraction of sp³-hybridized carbons (Fsp3) is 0.222. The number of esters is 1. The van der Waals surface area contributed by atoms with Crippen molar-refractivity contribution in [1.82, 2.24) is 0 Å².